The molecule has 19 heavy (non-hydrogen) atoms. The fourth-order valence-corrected chi connectivity index (χ4v) is 1.54. The van der Waals surface area contributed by atoms with Gasteiger partial charge in [-0.15, -0.1) is 10.2 Å². The maximum absolute atomic E-state index is 11.8. The average Bonchev–Trinajstić information content (AvgIpc) is 2.77. The van der Waals surface area contributed by atoms with E-state index in [9.17, 15) is 4.79 Å². The highest BCUT2D eigenvalue weighted by molar-refractivity contribution is 6.30. The van der Waals surface area contributed by atoms with Gasteiger partial charge in [0, 0.05) is 16.1 Å². The molecule has 0 spiro atoms. The molecule has 0 aliphatic rings. The van der Waals surface area contributed by atoms with Crippen LogP contribution in [0.4, 0.5) is 0 Å². The van der Waals surface area contributed by atoms with E-state index in [1.165, 1.54) is 0 Å². The van der Waals surface area contributed by atoms with Crippen LogP contribution in [-0.2, 0) is 0 Å². The minimum Gasteiger partial charge on any atom is -0.412 e. The molecule has 0 aliphatic heterocycles. The molecule has 1 heterocycles. The number of nitrogens with one attached hydrogen (secondary N) is 1. The van der Waals surface area contributed by atoms with Crippen molar-refractivity contribution in [3.05, 3.63) is 35.2 Å². The van der Waals surface area contributed by atoms with E-state index in [1.54, 1.807) is 24.3 Å². The van der Waals surface area contributed by atoms with E-state index in [-0.39, 0.29) is 23.2 Å². The molecule has 0 unspecified atom stereocenters. The summed E-state index contributed by atoms with van der Waals surface area (Å²) in [6.07, 6.45) is 0. The molecule has 1 N–H and O–H groups in total. The predicted octanol–water partition coefficient (Wildman–Crippen LogP) is 2.92. The second-order valence-electron chi connectivity index (χ2n) is 5.12. The van der Waals surface area contributed by atoms with Gasteiger partial charge in [-0.05, 0) is 45.0 Å². The maximum atomic E-state index is 11.8. The largest absolute Gasteiger partial charge is 0.412 e. The molecule has 0 radical (unpaired) electrons. The zero-order valence-corrected chi connectivity index (χ0v) is 11.7. The zero-order chi connectivity index (χ0) is 14.0. The lowest BCUT2D eigenvalue weighted by Crippen LogP contribution is -2.40. The summed E-state index contributed by atoms with van der Waals surface area (Å²) >= 11 is 5.80. The van der Waals surface area contributed by atoms with Crippen molar-refractivity contribution in [1.82, 2.24) is 15.5 Å². The molecule has 0 fully saturated rings. The molecule has 2 rings (SSSR count). The van der Waals surface area contributed by atoms with Crippen molar-refractivity contribution in [3.8, 4) is 11.5 Å². The Labute approximate surface area is 116 Å². The Morgan fingerprint density at radius 3 is 2.42 bits per heavy atom. The van der Waals surface area contributed by atoms with Gasteiger partial charge < -0.3 is 9.73 Å². The number of aromatic nitrogens is 2. The summed E-state index contributed by atoms with van der Waals surface area (Å²) in [5, 5.41) is 11.0. The Balaban J connectivity index is 2.19. The molecule has 0 atom stereocenters. The lowest BCUT2D eigenvalue weighted by Gasteiger charge is -2.18. The molecular formula is C13H14ClN3O2. The first-order chi connectivity index (χ1) is 8.85. The van der Waals surface area contributed by atoms with Gasteiger partial charge in [0.05, 0.1) is 0 Å². The molecule has 0 aliphatic carbocycles. The number of amides is 1. The highest BCUT2D eigenvalue weighted by Gasteiger charge is 2.20. The lowest BCUT2D eigenvalue weighted by atomic mass is 10.1. The third-order valence-electron chi connectivity index (χ3n) is 2.20. The van der Waals surface area contributed by atoms with Crippen LogP contribution >= 0.6 is 11.6 Å². The van der Waals surface area contributed by atoms with Gasteiger partial charge in [-0.2, -0.15) is 0 Å². The Bertz CT molecular complexity index is 585. The monoisotopic (exact) mass is 279 g/mol. The molecule has 1 aromatic heterocycles. The second kappa shape index (κ2) is 5.01. The van der Waals surface area contributed by atoms with E-state index < -0.39 is 0 Å². The van der Waals surface area contributed by atoms with Crippen LogP contribution in [0.15, 0.2) is 28.7 Å². The van der Waals surface area contributed by atoms with Crippen LogP contribution in [0.25, 0.3) is 11.5 Å². The van der Waals surface area contributed by atoms with Gasteiger partial charge in [-0.25, -0.2) is 0 Å². The normalized spacial score (nSPS) is 11.4. The van der Waals surface area contributed by atoms with Crippen molar-refractivity contribution in [2.24, 2.45) is 0 Å². The van der Waals surface area contributed by atoms with Gasteiger partial charge in [0.1, 0.15) is 0 Å². The summed E-state index contributed by atoms with van der Waals surface area (Å²) in [6, 6.07) is 6.94. The average molecular weight is 280 g/mol. The van der Waals surface area contributed by atoms with Crippen LogP contribution in [0.5, 0.6) is 0 Å². The van der Waals surface area contributed by atoms with Crippen molar-refractivity contribution in [3.63, 3.8) is 0 Å². The van der Waals surface area contributed by atoms with E-state index in [1.807, 2.05) is 20.8 Å². The summed E-state index contributed by atoms with van der Waals surface area (Å²) in [6.45, 7) is 5.63. The first-order valence-electron chi connectivity index (χ1n) is 5.77. The van der Waals surface area contributed by atoms with Crippen LogP contribution in [0.1, 0.15) is 31.5 Å². The third-order valence-corrected chi connectivity index (χ3v) is 2.45. The summed E-state index contributed by atoms with van der Waals surface area (Å²) in [7, 11) is 0. The fourth-order valence-electron chi connectivity index (χ4n) is 1.42. The van der Waals surface area contributed by atoms with Crippen LogP contribution < -0.4 is 5.32 Å². The second-order valence-corrected chi connectivity index (χ2v) is 5.56. The van der Waals surface area contributed by atoms with Crippen molar-refractivity contribution in [2.75, 3.05) is 0 Å². The number of carbonyl (C=O) groups excluding carboxylic acids is 1. The van der Waals surface area contributed by atoms with Gasteiger partial charge in [-0.1, -0.05) is 11.6 Å². The van der Waals surface area contributed by atoms with E-state index >= 15 is 0 Å². The zero-order valence-electron chi connectivity index (χ0n) is 10.9. The molecule has 6 heteroatoms. The minimum absolute atomic E-state index is 0.0557. The van der Waals surface area contributed by atoms with Crippen molar-refractivity contribution < 1.29 is 9.21 Å². The number of rotatable bonds is 2. The fraction of sp³-hybridized carbons (Fsp3) is 0.308. The van der Waals surface area contributed by atoms with E-state index in [4.69, 9.17) is 16.0 Å². The van der Waals surface area contributed by atoms with Crippen molar-refractivity contribution >= 4 is 17.5 Å². The maximum Gasteiger partial charge on any atom is 0.309 e. The summed E-state index contributed by atoms with van der Waals surface area (Å²) in [4.78, 5) is 11.8. The molecular weight excluding hydrogens is 266 g/mol. The van der Waals surface area contributed by atoms with Crippen LogP contribution in [0.3, 0.4) is 0 Å². The van der Waals surface area contributed by atoms with Gasteiger partial charge in [0.2, 0.25) is 5.89 Å². The number of nitrogens with zero attached hydrogens (tertiary/aromatic N) is 2. The number of benzene rings is 1. The topological polar surface area (TPSA) is 68.0 Å². The van der Waals surface area contributed by atoms with Gasteiger partial charge >= 0.3 is 11.8 Å². The molecule has 1 amide bonds. The number of carbonyl (C=O) groups is 1. The molecule has 0 saturated heterocycles. The first kappa shape index (κ1) is 13.5. The Hall–Kier alpha value is -1.88. The molecule has 1 aromatic carbocycles. The van der Waals surface area contributed by atoms with Gasteiger partial charge in [0.15, 0.2) is 0 Å². The standard InChI is InChI=1S/C13H14ClN3O2/c1-13(2,3)15-10(18)12-17-16-11(19-12)8-4-6-9(14)7-5-8/h4-7H,1-3H3,(H,15,18). The van der Waals surface area contributed by atoms with Crippen LogP contribution in [-0.4, -0.2) is 21.6 Å². The number of halogens is 1. The molecule has 0 saturated carbocycles. The van der Waals surface area contributed by atoms with Crippen LogP contribution in [0.2, 0.25) is 5.02 Å². The summed E-state index contributed by atoms with van der Waals surface area (Å²) in [5.41, 5.74) is 0.359. The van der Waals surface area contributed by atoms with E-state index in [0.29, 0.717) is 10.6 Å². The SMILES string of the molecule is CC(C)(C)NC(=O)c1nnc(-c2ccc(Cl)cc2)o1. The molecule has 100 valence electrons. The molecule has 5 nitrogen and oxygen atoms in total. The van der Waals surface area contributed by atoms with E-state index in [2.05, 4.69) is 15.5 Å². The first-order valence-corrected chi connectivity index (χ1v) is 6.15. The minimum atomic E-state index is -0.389. The summed E-state index contributed by atoms with van der Waals surface area (Å²) < 4.78 is 5.34. The molecule has 0 bridgehead atoms. The molecule has 2 aromatic rings. The van der Waals surface area contributed by atoms with Crippen LogP contribution in [0, 0.1) is 0 Å². The Kier molecular flexibility index (Phi) is 3.57. The quantitative estimate of drug-likeness (QED) is 0.918. The summed E-state index contributed by atoms with van der Waals surface area (Å²) in [5.74, 6) is -0.157. The predicted molar refractivity (Wildman–Crippen MR) is 72.0 cm³/mol. The van der Waals surface area contributed by atoms with E-state index in [0.717, 1.165) is 0 Å². The smallest absolute Gasteiger partial charge is 0.309 e. The third kappa shape index (κ3) is 3.54. The van der Waals surface area contributed by atoms with Crippen molar-refractivity contribution in [2.45, 2.75) is 26.3 Å². The highest BCUT2D eigenvalue weighted by atomic mass is 35.5. The lowest BCUT2D eigenvalue weighted by molar-refractivity contribution is 0.0884. The van der Waals surface area contributed by atoms with Gasteiger partial charge in [-0.3, -0.25) is 4.79 Å². The Morgan fingerprint density at radius 1 is 1.21 bits per heavy atom. The highest BCUT2D eigenvalue weighted by Crippen LogP contribution is 2.20. The van der Waals surface area contributed by atoms with Crippen molar-refractivity contribution in [1.29, 1.82) is 0 Å². The number of hydrogen-bond acceptors (Lipinski definition) is 4. The van der Waals surface area contributed by atoms with Gasteiger partial charge in [0.25, 0.3) is 0 Å². The Morgan fingerprint density at radius 2 is 1.84 bits per heavy atom. The number of hydrogen-bond donors (Lipinski definition) is 1.